The topological polar surface area (TPSA) is 34.0 Å². The van der Waals surface area contributed by atoms with E-state index >= 15 is 0 Å². The van der Waals surface area contributed by atoms with Crippen molar-refractivity contribution in [3.63, 3.8) is 0 Å². The number of halogens is 1. The Kier molecular flexibility index (Phi) is 4.88. The molecule has 0 aliphatic carbocycles. The first-order valence-electron chi connectivity index (χ1n) is 7.69. The third-order valence-electron chi connectivity index (χ3n) is 4.20. The summed E-state index contributed by atoms with van der Waals surface area (Å²) in [5.74, 6) is -0.0914. The molecule has 3 rings (SSSR count). The number of fused-ring (bicyclic) bond motifs is 1. The Morgan fingerprint density at radius 3 is 2.54 bits per heavy atom. The van der Waals surface area contributed by atoms with E-state index in [0.717, 1.165) is 16.5 Å². The fourth-order valence-corrected chi connectivity index (χ4v) is 3.34. The first-order valence-corrected chi connectivity index (χ1v) is 9.29. The highest BCUT2D eigenvalue weighted by molar-refractivity contribution is 7.98. The molecule has 1 aromatic heterocycles. The molecule has 0 fully saturated rings. The van der Waals surface area contributed by atoms with E-state index in [-0.39, 0.29) is 11.9 Å². The van der Waals surface area contributed by atoms with Crippen LogP contribution in [0.4, 0.5) is 0 Å². The number of hydrogen-bond donors (Lipinski definition) is 1. The number of aromatic nitrogens is 1. The van der Waals surface area contributed by atoms with Gasteiger partial charge in [0, 0.05) is 27.9 Å². The molecule has 24 heavy (non-hydrogen) atoms. The highest BCUT2D eigenvalue weighted by atomic mass is 35.5. The molecule has 0 aliphatic heterocycles. The maximum Gasteiger partial charge on any atom is 0.268 e. The first kappa shape index (κ1) is 16.9. The van der Waals surface area contributed by atoms with Crippen LogP contribution in [0.15, 0.2) is 53.4 Å². The van der Waals surface area contributed by atoms with Crippen molar-refractivity contribution in [1.82, 2.24) is 9.88 Å². The van der Waals surface area contributed by atoms with Crippen LogP contribution in [0.1, 0.15) is 29.0 Å². The maximum atomic E-state index is 12.7. The minimum Gasteiger partial charge on any atom is -0.344 e. The van der Waals surface area contributed by atoms with Gasteiger partial charge in [-0.1, -0.05) is 29.8 Å². The van der Waals surface area contributed by atoms with Crippen LogP contribution < -0.4 is 5.32 Å². The average molecular weight is 359 g/mol. The molecule has 2 aromatic carbocycles. The van der Waals surface area contributed by atoms with Crippen molar-refractivity contribution in [3.05, 3.63) is 64.8 Å². The lowest BCUT2D eigenvalue weighted by Gasteiger charge is -2.15. The predicted molar refractivity (Wildman–Crippen MR) is 102 cm³/mol. The standard InChI is InChI=1S/C19H19ClN2OS/c1-12(13-5-8-16(24-3)9-6-13)21-19(23)18-10-14-4-7-15(20)11-17(14)22(18)2/h4-12H,1-3H3,(H,21,23). The van der Waals surface area contributed by atoms with E-state index in [2.05, 4.69) is 29.6 Å². The first-order chi connectivity index (χ1) is 11.5. The smallest absolute Gasteiger partial charge is 0.268 e. The number of amides is 1. The molecule has 0 aliphatic rings. The number of carbonyl (C=O) groups is 1. The summed E-state index contributed by atoms with van der Waals surface area (Å²) in [4.78, 5) is 13.9. The molecule has 0 radical (unpaired) electrons. The van der Waals surface area contributed by atoms with E-state index in [1.54, 1.807) is 11.8 Å². The normalized spacial score (nSPS) is 12.3. The van der Waals surface area contributed by atoms with Crippen molar-refractivity contribution in [1.29, 1.82) is 0 Å². The number of benzene rings is 2. The molecule has 124 valence electrons. The summed E-state index contributed by atoms with van der Waals surface area (Å²) in [5.41, 5.74) is 2.66. The summed E-state index contributed by atoms with van der Waals surface area (Å²) < 4.78 is 1.88. The van der Waals surface area contributed by atoms with Gasteiger partial charge >= 0.3 is 0 Å². The quantitative estimate of drug-likeness (QED) is 0.662. The Balaban J connectivity index is 1.82. The average Bonchev–Trinajstić information content (AvgIpc) is 2.91. The van der Waals surface area contributed by atoms with Gasteiger partial charge in [-0.2, -0.15) is 0 Å². The number of rotatable bonds is 4. The van der Waals surface area contributed by atoms with Crippen molar-refractivity contribution in [2.24, 2.45) is 7.05 Å². The maximum absolute atomic E-state index is 12.7. The molecule has 0 saturated carbocycles. The Morgan fingerprint density at radius 2 is 1.88 bits per heavy atom. The fraction of sp³-hybridized carbons (Fsp3) is 0.211. The zero-order valence-electron chi connectivity index (χ0n) is 13.8. The van der Waals surface area contributed by atoms with Gasteiger partial charge in [0.2, 0.25) is 0 Å². The molecule has 1 unspecified atom stereocenters. The van der Waals surface area contributed by atoms with Gasteiger partial charge in [0.05, 0.1) is 6.04 Å². The molecule has 5 heteroatoms. The predicted octanol–water partition coefficient (Wildman–Crippen LogP) is 5.04. The number of hydrogen-bond acceptors (Lipinski definition) is 2. The highest BCUT2D eigenvalue weighted by Gasteiger charge is 2.16. The summed E-state index contributed by atoms with van der Waals surface area (Å²) in [5, 5.41) is 4.74. The summed E-state index contributed by atoms with van der Waals surface area (Å²) in [6.07, 6.45) is 2.05. The monoisotopic (exact) mass is 358 g/mol. The molecule has 1 N–H and O–H groups in total. The molecular formula is C19H19ClN2OS. The zero-order chi connectivity index (χ0) is 17.3. The second-order valence-electron chi connectivity index (χ2n) is 5.76. The van der Waals surface area contributed by atoms with Gasteiger partial charge in [-0.05, 0) is 49.1 Å². The molecule has 1 amide bonds. The van der Waals surface area contributed by atoms with Crippen LogP contribution in [-0.2, 0) is 7.05 Å². The van der Waals surface area contributed by atoms with Crippen LogP contribution in [0.2, 0.25) is 5.02 Å². The number of nitrogens with zero attached hydrogens (tertiary/aromatic N) is 1. The van der Waals surface area contributed by atoms with Crippen LogP contribution >= 0.6 is 23.4 Å². The second kappa shape index (κ2) is 6.91. The SMILES string of the molecule is CSc1ccc(C(C)NC(=O)c2cc3ccc(Cl)cc3n2C)cc1. The fourth-order valence-electron chi connectivity index (χ4n) is 2.77. The largest absolute Gasteiger partial charge is 0.344 e. The molecule has 1 atom stereocenters. The van der Waals surface area contributed by atoms with Gasteiger partial charge in [-0.3, -0.25) is 4.79 Å². The third-order valence-corrected chi connectivity index (χ3v) is 5.18. The van der Waals surface area contributed by atoms with Gasteiger partial charge in [0.25, 0.3) is 5.91 Å². The van der Waals surface area contributed by atoms with E-state index < -0.39 is 0 Å². The van der Waals surface area contributed by atoms with Crippen LogP contribution in [0.5, 0.6) is 0 Å². The lowest BCUT2D eigenvalue weighted by molar-refractivity contribution is 0.0932. The van der Waals surface area contributed by atoms with E-state index in [9.17, 15) is 4.79 Å². The van der Waals surface area contributed by atoms with Crippen LogP contribution in [0, 0.1) is 0 Å². The van der Waals surface area contributed by atoms with E-state index in [4.69, 9.17) is 11.6 Å². The van der Waals surface area contributed by atoms with Crippen LogP contribution in [0.3, 0.4) is 0 Å². The molecule has 3 nitrogen and oxygen atoms in total. The summed E-state index contributed by atoms with van der Waals surface area (Å²) >= 11 is 7.76. The highest BCUT2D eigenvalue weighted by Crippen LogP contribution is 2.24. The van der Waals surface area contributed by atoms with Crippen molar-refractivity contribution in [2.45, 2.75) is 17.9 Å². The third kappa shape index (κ3) is 3.30. The molecule has 3 aromatic rings. The van der Waals surface area contributed by atoms with E-state index in [1.165, 1.54) is 4.90 Å². The zero-order valence-corrected chi connectivity index (χ0v) is 15.4. The minimum atomic E-state index is -0.0914. The Bertz CT molecular complexity index is 886. The molecular weight excluding hydrogens is 340 g/mol. The van der Waals surface area contributed by atoms with Crippen molar-refractivity contribution < 1.29 is 4.79 Å². The lowest BCUT2D eigenvalue weighted by Crippen LogP contribution is -2.28. The Hall–Kier alpha value is -1.91. The Morgan fingerprint density at radius 1 is 1.17 bits per heavy atom. The Labute approximate surface area is 151 Å². The molecule has 0 bridgehead atoms. The van der Waals surface area contributed by atoms with E-state index in [0.29, 0.717) is 10.7 Å². The summed E-state index contributed by atoms with van der Waals surface area (Å²) in [7, 11) is 1.88. The number of nitrogens with one attached hydrogen (secondary N) is 1. The number of carbonyl (C=O) groups excluding carboxylic acids is 1. The molecule has 1 heterocycles. The summed E-state index contributed by atoms with van der Waals surface area (Å²) in [6, 6.07) is 15.7. The van der Waals surface area contributed by atoms with Gasteiger partial charge in [-0.25, -0.2) is 0 Å². The molecule has 0 spiro atoms. The van der Waals surface area contributed by atoms with Crippen molar-refractivity contribution in [2.75, 3.05) is 6.26 Å². The van der Waals surface area contributed by atoms with Gasteiger partial charge in [0.15, 0.2) is 0 Å². The lowest BCUT2D eigenvalue weighted by atomic mass is 10.1. The molecule has 0 saturated heterocycles. The number of thioether (sulfide) groups is 1. The van der Waals surface area contributed by atoms with Crippen LogP contribution in [-0.4, -0.2) is 16.7 Å². The van der Waals surface area contributed by atoms with Gasteiger partial charge in [0.1, 0.15) is 5.69 Å². The second-order valence-corrected chi connectivity index (χ2v) is 7.08. The van der Waals surface area contributed by atoms with Crippen molar-refractivity contribution in [3.8, 4) is 0 Å². The summed E-state index contributed by atoms with van der Waals surface area (Å²) in [6.45, 7) is 1.99. The minimum absolute atomic E-state index is 0.0602. The van der Waals surface area contributed by atoms with Gasteiger partial charge in [-0.15, -0.1) is 11.8 Å². The van der Waals surface area contributed by atoms with Gasteiger partial charge < -0.3 is 9.88 Å². The van der Waals surface area contributed by atoms with Crippen molar-refractivity contribution >= 4 is 40.2 Å². The van der Waals surface area contributed by atoms with Crippen LogP contribution in [0.25, 0.3) is 10.9 Å². The number of aryl methyl sites for hydroxylation is 1. The van der Waals surface area contributed by atoms with E-state index in [1.807, 2.05) is 49.1 Å².